The molecule has 4 heteroatoms. The van der Waals surface area contributed by atoms with Crippen molar-refractivity contribution < 1.29 is 4.39 Å². The first kappa shape index (κ1) is 10.1. The van der Waals surface area contributed by atoms with E-state index in [4.69, 9.17) is 5.73 Å². The number of aryl methyl sites for hydroxylation is 1. The van der Waals surface area contributed by atoms with E-state index < -0.39 is 0 Å². The van der Waals surface area contributed by atoms with Gasteiger partial charge in [0.2, 0.25) is 0 Å². The summed E-state index contributed by atoms with van der Waals surface area (Å²) in [5.41, 5.74) is 7.35. The first-order valence-electron chi connectivity index (χ1n) is 4.97. The summed E-state index contributed by atoms with van der Waals surface area (Å²) in [4.78, 5) is 4.33. The van der Waals surface area contributed by atoms with Gasteiger partial charge in [-0.15, -0.1) is 0 Å². The van der Waals surface area contributed by atoms with Crippen LogP contribution in [0.2, 0.25) is 0 Å². The summed E-state index contributed by atoms with van der Waals surface area (Å²) in [6.45, 7) is 3.76. The SMILES string of the molecule is Cc1nc(CC(C)N)n2c(F)cccc12. The second kappa shape index (κ2) is 3.62. The minimum absolute atomic E-state index is 0.0189. The molecule has 1 unspecified atom stereocenters. The van der Waals surface area contributed by atoms with Crippen LogP contribution in [0.3, 0.4) is 0 Å². The predicted molar refractivity (Wildman–Crippen MR) is 57.2 cm³/mol. The van der Waals surface area contributed by atoms with Crippen LogP contribution in [0.15, 0.2) is 18.2 Å². The van der Waals surface area contributed by atoms with Gasteiger partial charge in [0.05, 0.1) is 11.2 Å². The third-order valence-corrected chi connectivity index (χ3v) is 2.37. The molecule has 2 N–H and O–H groups in total. The second-order valence-electron chi connectivity index (χ2n) is 3.86. The highest BCUT2D eigenvalue weighted by molar-refractivity contribution is 5.52. The Morgan fingerprint density at radius 3 is 2.93 bits per heavy atom. The van der Waals surface area contributed by atoms with Crippen molar-refractivity contribution >= 4 is 5.52 Å². The van der Waals surface area contributed by atoms with Crippen molar-refractivity contribution in [2.75, 3.05) is 0 Å². The molecule has 0 aliphatic carbocycles. The van der Waals surface area contributed by atoms with Gasteiger partial charge in [0.15, 0.2) is 5.95 Å². The van der Waals surface area contributed by atoms with Crippen molar-refractivity contribution in [3.8, 4) is 0 Å². The van der Waals surface area contributed by atoms with Gasteiger partial charge in [0.25, 0.3) is 0 Å². The molecule has 0 saturated carbocycles. The lowest BCUT2D eigenvalue weighted by atomic mass is 10.2. The Hall–Kier alpha value is -1.42. The van der Waals surface area contributed by atoms with Gasteiger partial charge in [-0.3, -0.25) is 4.40 Å². The monoisotopic (exact) mass is 207 g/mol. The van der Waals surface area contributed by atoms with Crippen LogP contribution < -0.4 is 5.73 Å². The molecule has 2 heterocycles. The molecule has 0 bridgehead atoms. The summed E-state index contributed by atoms with van der Waals surface area (Å²) >= 11 is 0. The maximum absolute atomic E-state index is 13.6. The molecule has 0 amide bonds. The highest BCUT2D eigenvalue weighted by atomic mass is 19.1. The molecule has 0 aliphatic heterocycles. The lowest BCUT2D eigenvalue weighted by Gasteiger charge is -2.04. The van der Waals surface area contributed by atoms with Crippen molar-refractivity contribution in [3.63, 3.8) is 0 Å². The van der Waals surface area contributed by atoms with Crippen LogP contribution in [0.4, 0.5) is 4.39 Å². The fraction of sp³-hybridized carbons (Fsp3) is 0.364. The molecule has 2 aromatic heterocycles. The summed E-state index contributed by atoms with van der Waals surface area (Å²) in [6, 6.07) is 4.96. The van der Waals surface area contributed by atoms with E-state index in [1.54, 1.807) is 6.07 Å². The van der Waals surface area contributed by atoms with Crippen molar-refractivity contribution in [3.05, 3.63) is 35.7 Å². The summed E-state index contributed by atoms with van der Waals surface area (Å²) in [5, 5.41) is 0. The van der Waals surface area contributed by atoms with Crippen molar-refractivity contribution in [1.82, 2.24) is 9.38 Å². The predicted octanol–water partition coefficient (Wildman–Crippen LogP) is 1.67. The van der Waals surface area contributed by atoms with Gasteiger partial charge in [-0.1, -0.05) is 6.07 Å². The van der Waals surface area contributed by atoms with Crippen LogP contribution in [0, 0.1) is 12.9 Å². The number of hydrogen-bond acceptors (Lipinski definition) is 2. The smallest absolute Gasteiger partial charge is 0.199 e. The second-order valence-corrected chi connectivity index (χ2v) is 3.86. The third-order valence-electron chi connectivity index (χ3n) is 2.37. The molecule has 80 valence electrons. The van der Waals surface area contributed by atoms with Gasteiger partial charge >= 0.3 is 0 Å². The van der Waals surface area contributed by atoms with Gasteiger partial charge < -0.3 is 5.73 Å². The maximum atomic E-state index is 13.6. The third kappa shape index (κ3) is 1.72. The Morgan fingerprint density at radius 1 is 1.53 bits per heavy atom. The Kier molecular flexibility index (Phi) is 2.44. The van der Waals surface area contributed by atoms with Crippen molar-refractivity contribution in [1.29, 1.82) is 0 Å². The molecule has 0 radical (unpaired) electrons. The van der Waals surface area contributed by atoms with E-state index >= 15 is 0 Å². The molecule has 0 aromatic carbocycles. The maximum Gasteiger partial charge on any atom is 0.199 e. The fourth-order valence-corrected chi connectivity index (χ4v) is 1.75. The standard InChI is InChI=1S/C11H14FN3/c1-7(13)6-11-14-8(2)9-4-3-5-10(12)15(9)11/h3-5,7H,6,13H2,1-2H3. The Morgan fingerprint density at radius 2 is 2.27 bits per heavy atom. The van der Waals surface area contributed by atoms with Gasteiger partial charge in [0, 0.05) is 12.5 Å². The van der Waals surface area contributed by atoms with Crippen LogP contribution in [0.1, 0.15) is 18.4 Å². The molecular formula is C11H14FN3. The van der Waals surface area contributed by atoms with E-state index in [2.05, 4.69) is 4.98 Å². The number of halogens is 1. The molecule has 15 heavy (non-hydrogen) atoms. The molecule has 0 fully saturated rings. The molecule has 0 aliphatic rings. The Bertz CT molecular complexity index is 488. The Balaban J connectivity index is 2.65. The highest BCUT2D eigenvalue weighted by Crippen LogP contribution is 2.15. The van der Waals surface area contributed by atoms with E-state index in [1.165, 1.54) is 10.5 Å². The molecule has 2 aromatic rings. The van der Waals surface area contributed by atoms with E-state index in [0.717, 1.165) is 11.2 Å². The van der Waals surface area contributed by atoms with Crippen molar-refractivity contribution in [2.24, 2.45) is 5.73 Å². The number of nitrogens with zero attached hydrogens (tertiary/aromatic N) is 2. The van der Waals surface area contributed by atoms with E-state index in [9.17, 15) is 4.39 Å². The zero-order valence-electron chi connectivity index (χ0n) is 8.87. The number of nitrogens with two attached hydrogens (primary N) is 1. The largest absolute Gasteiger partial charge is 0.328 e. The number of imidazole rings is 1. The number of rotatable bonds is 2. The zero-order valence-corrected chi connectivity index (χ0v) is 8.87. The highest BCUT2D eigenvalue weighted by Gasteiger charge is 2.11. The molecule has 1 atom stereocenters. The lowest BCUT2D eigenvalue weighted by molar-refractivity contribution is 0.551. The fourth-order valence-electron chi connectivity index (χ4n) is 1.75. The molecule has 0 saturated heterocycles. The van der Waals surface area contributed by atoms with Gasteiger partial charge in [0.1, 0.15) is 5.82 Å². The average molecular weight is 207 g/mol. The number of fused-ring (bicyclic) bond motifs is 1. The van der Waals surface area contributed by atoms with Crippen LogP contribution in [-0.4, -0.2) is 15.4 Å². The van der Waals surface area contributed by atoms with Gasteiger partial charge in [-0.05, 0) is 26.0 Å². The zero-order chi connectivity index (χ0) is 11.0. The minimum atomic E-state index is -0.288. The number of aromatic nitrogens is 2. The molecular weight excluding hydrogens is 193 g/mol. The summed E-state index contributed by atoms with van der Waals surface area (Å²) < 4.78 is 15.1. The number of hydrogen-bond donors (Lipinski definition) is 1. The van der Waals surface area contributed by atoms with E-state index in [1.807, 2.05) is 19.9 Å². The summed E-state index contributed by atoms with van der Waals surface area (Å²) in [6.07, 6.45) is 0.579. The first-order valence-corrected chi connectivity index (χ1v) is 4.97. The number of pyridine rings is 1. The quantitative estimate of drug-likeness (QED) is 0.761. The van der Waals surface area contributed by atoms with Crippen LogP contribution in [0.25, 0.3) is 5.52 Å². The van der Waals surface area contributed by atoms with E-state index in [-0.39, 0.29) is 12.0 Å². The van der Waals surface area contributed by atoms with Gasteiger partial charge in [-0.25, -0.2) is 4.98 Å². The minimum Gasteiger partial charge on any atom is -0.328 e. The summed E-state index contributed by atoms with van der Waals surface area (Å²) in [5.74, 6) is 0.402. The molecule has 0 spiro atoms. The molecule has 3 nitrogen and oxygen atoms in total. The summed E-state index contributed by atoms with van der Waals surface area (Å²) in [7, 11) is 0. The van der Waals surface area contributed by atoms with Crippen LogP contribution in [0.5, 0.6) is 0 Å². The normalized spacial score (nSPS) is 13.3. The Labute approximate surface area is 87.7 Å². The van der Waals surface area contributed by atoms with Crippen LogP contribution in [-0.2, 0) is 6.42 Å². The average Bonchev–Trinajstić information content (AvgIpc) is 2.44. The lowest BCUT2D eigenvalue weighted by Crippen LogP contribution is -2.19. The van der Waals surface area contributed by atoms with Crippen molar-refractivity contribution in [2.45, 2.75) is 26.3 Å². The van der Waals surface area contributed by atoms with Gasteiger partial charge in [-0.2, -0.15) is 4.39 Å². The van der Waals surface area contributed by atoms with Crippen LogP contribution >= 0.6 is 0 Å². The molecule has 2 rings (SSSR count). The first-order chi connectivity index (χ1) is 7.09. The topological polar surface area (TPSA) is 43.3 Å². The van der Waals surface area contributed by atoms with E-state index in [0.29, 0.717) is 12.2 Å².